The van der Waals surface area contributed by atoms with Gasteiger partial charge in [0.1, 0.15) is 11.6 Å². The van der Waals surface area contributed by atoms with Crippen molar-refractivity contribution in [2.24, 2.45) is 0 Å². The van der Waals surface area contributed by atoms with E-state index in [0.29, 0.717) is 5.56 Å². The largest absolute Gasteiger partial charge is 0.300 e. The Balaban J connectivity index is 1.98. The van der Waals surface area contributed by atoms with Crippen molar-refractivity contribution in [3.63, 3.8) is 0 Å². The number of hydrogen-bond acceptors (Lipinski definition) is 3. The van der Waals surface area contributed by atoms with Gasteiger partial charge in [0.15, 0.2) is 0 Å². The number of nitrogens with one attached hydrogen (secondary N) is 1. The number of halogens is 2. The van der Waals surface area contributed by atoms with Crippen LogP contribution in [0.4, 0.5) is 14.5 Å². The number of nitro groups is 1. The van der Waals surface area contributed by atoms with Crippen molar-refractivity contribution >= 4 is 5.69 Å². The van der Waals surface area contributed by atoms with Gasteiger partial charge in [-0.1, -0.05) is 36.4 Å². The van der Waals surface area contributed by atoms with Crippen molar-refractivity contribution in [2.75, 3.05) is 0 Å². The van der Waals surface area contributed by atoms with Gasteiger partial charge in [-0.25, -0.2) is 8.78 Å². The monoisotopic (exact) mass is 368 g/mol. The van der Waals surface area contributed by atoms with Gasteiger partial charge < -0.3 is 0 Å². The Morgan fingerprint density at radius 3 is 2.19 bits per heavy atom. The zero-order valence-electron chi connectivity index (χ0n) is 14.6. The average molecular weight is 368 g/mol. The van der Waals surface area contributed by atoms with Crippen LogP contribution in [0.25, 0.3) is 0 Å². The lowest BCUT2D eigenvalue weighted by atomic mass is 9.96. The third-order valence-corrected chi connectivity index (χ3v) is 4.38. The average Bonchev–Trinajstić information content (AvgIpc) is 2.67. The molecular weight excluding hydrogens is 350 g/mol. The number of rotatable bonds is 6. The minimum Gasteiger partial charge on any atom is -0.300 e. The summed E-state index contributed by atoms with van der Waals surface area (Å²) in [4.78, 5) is 10.7. The first kappa shape index (κ1) is 18.7. The van der Waals surface area contributed by atoms with Crippen molar-refractivity contribution in [2.45, 2.75) is 19.0 Å². The fourth-order valence-corrected chi connectivity index (χ4v) is 2.98. The van der Waals surface area contributed by atoms with E-state index >= 15 is 0 Å². The van der Waals surface area contributed by atoms with E-state index in [4.69, 9.17) is 0 Å². The topological polar surface area (TPSA) is 55.2 Å². The minimum atomic E-state index is -0.457. The molecule has 3 aromatic carbocycles. The molecule has 0 aliphatic heterocycles. The summed E-state index contributed by atoms with van der Waals surface area (Å²) in [6, 6.07) is 17.8. The molecule has 3 rings (SSSR count). The first-order valence-corrected chi connectivity index (χ1v) is 8.45. The highest BCUT2D eigenvalue weighted by molar-refractivity contribution is 5.40. The van der Waals surface area contributed by atoms with Crippen LogP contribution in [0.2, 0.25) is 0 Å². The van der Waals surface area contributed by atoms with Gasteiger partial charge in [0.2, 0.25) is 0 Å². The highest BCUT2D eigenvalue weighted by atomic mass is 19.1. The van der Waals surface area contributed by atoms with Crippen LogP contribution in [0.15, 0.2) is 72.8 Å². The van der Waals surface area contributed by atoms with E-state index in [0.717, 1.165) is 11.1 Å². The fraction of sp³-hybridized carbons (Fsp3) is 0.143. The van der Waals surface area contributed by atoms with Crippen LogP contribution in [0.3, 0.4) is 0 Å². The minimum absolute atomic E-state index is 0.0279. The molecule has 0 aliphatic rings. The number of nitro benzene ring substituents is 1. The lowest BCUT2D eigenvalue weighted by Gasteiger charge is -2.25. The molecule has 1 N–H and O–H groups in total. The maximum atomic E-state index is 13.6. The molecule has 0 aromatic heterocycles. The molecule has 1 unspecified atom stereocenters. The van der Waals surface area contributed by atoms with Crippen molar-refractivity contribution < 1.29 is 13.7 Å². The lowest BCUT2D eigenvalue weighted by Crippen LogP contribution is -2.25. The summed E-state index contributed by atoms with van der Waals surface area (Å²) >= 11 is 0. The van der Waals surface area contributed by atoms with Crippen LogP contribution in [-0.4, -0.2) is 4.92 Å². The van der Waals surface area contributed by atoms with E-state index in [1.165, 1.54) is 36.4 Å². The Kier molecular flexibility index (Phi) is 5.57. The third-order valence-electron chi connectivity index (χ3n) is 4.38. The summed E-state index contributed by atoms with van der Waals surface area (Å²) in [5.74, 6) is -0.704. The molecule has 0 heterocycles. The van der Waals surface area contributed by atoms with E-state index in [1.807, 2.05) is 6.92 Å². The van der Waals surface area contributed by atoms with Gasteiger partial charge in [-0.15, -0.1) is 0 Å². The van der Waals surface area contributed by atoms with Crippen LogP contribution in [0, 0.1) is 21.7 Å². The van der Waals surface area contributed by atoms with Crippen LogP contribution >= 0.6 is 0 Å². The Morgan fingerprint density at radius 1 is 0.852 bits per heavy atom. The van der Waals surface area contributed by atoms with Crippen molar-refractivity contribution in [1.82, 2.24) is 5.32 Å². The Morgan fingerprint density at radius 2 is 1.52 bits per heavy atom. The van der Waals surface area contributed by atoms with Crippen LogP contribution in [0.1, 0.15) is 35.7 Å². The highest BCUT2D eigenvalue weighted by Gasteiger charge is 2.20. The second kappa shape index (κ2) is 8.05. The molecule has 4 nitrogen and oxygen atoms in total. The first-order chi connectivity index (χ1) is 12.9. The predicted octanol–water partition coefficient (Wildman–Crippen LogP) is 5.31. The maximum absolute atomic E-state index is 13.6. The molecule has 0 amide bonds. The molecule has 3 aromatic rings. The van der Waals surface area contributed by atoms with E-state index in [9.17, 15) is 18.9 Å². The molecule has 27 heavy (non-hydrogen) atoms. The van der Waals surface area contributed by atoms with Gasteiger partial charge >= 0.3 is 0 Å². The number of non-ortho nitro benzene ring substituents is 1. The fourth-order valence-electron chi connectivity index (χ4n) is 2.98. The predicted molar refractivity (Wildman–Crippen MR) is 99.3 cm³/mol. The van der Waals surface area contributed by atoms with Crippen LogP contribution in [0.5, 0.6) is 0 Å². The number of hydrogen-bond donors (Lipinski definition) is 1. The summed E-state index contributed by atoms with van der Waals surface area (Å²) < 4.78 is 26.9. The molecule has 0 saturated heterocycles. The molecule has 0 bridgehead atoms. The number of nitrogens with zero attached hydrogens (tertiary/aromatic N) is 1. The van der Waals surface area contributed by atoms with Gasteiger partial charge in [0, 0.05) is 18.2 Å². The zero-order valence-corrected chi connectivity index (χ0v) is 14.6. The summed E-state index contributed by atoms with van der Waals surface area (Å²) in [5.41, 5.74) is 2.13. The summed E-state index contributed by atoms with van der Waals surface area (Å²) in [6.45, 7) is 1.88. The molecule has 0 fully saturated rings. The number of benzene rings is 3. The van der Waals surface area contributed by atoms with Crippen molar-refractivity contribution in [1.29, 1.82) is 0 Å². The van der Waals surface area contributed by atoms with Gasteiger partial charge in [-0.05, 0) is 47.9 Å². The second-order valence-corrected chi connectivity index (χ2v) is 6.28. The normalized spacial score (nSPS) is 13.1. The van der Waals surface area contributed by atoms with Crippen LogP contribution in [-0.2, 0) is 0 Å². The highest BCUT2D eigenvalue weighted by Crippen LogP contribution is 2.28. The van der Waals surface area contributed by atoms with Gasteiger partial charge in [-0.2, -0.15) is 0 Å². The molecule has 0 spiro atoms. The molecular formula is C21H18F2N2O2. The molecule has 0 aliphatic carbocycles. The molecule has 138 valence electrons. The van der Waals surface area contributed by atoms with Gasteiger partial charge in [0.05, 0.1) is 11.0 Å². The first-order valence-electron chi connectivity index (χ1n) is 8.45. The van der Waals surface area contributed by atoms with E-state index in [-0.39, 0.29) is 23.4 Å². The summed E-state index contributed by atoms with van der Waals surface area (Å²) in [5, 5.41) is 14.5. The van der Waals surface area contributed by atoms with E-state index in [1.54, 1.807) is 36.4 Å². The summed E-state index contributed by atoms with van der Waals surface area (Å²) in [6.07, 6.45) is 0. The molecule has 0 radical (unpaired) electrons. The van der Waals surface area contributed by atoms with Crippen LogP contribution < -0.4 is 5.32 Å². The quantitative estimate of drug-likeness (QED) is 0.474. The van der Waals surface area contributed by atoms with E-state index in [2.05, 4.69) is 5.32 Å². The Bertz CT molecular complexity index is 945. The summed E-state index contributed by atoms with van der Waals surface area (Å²) in [7, 11) is 0. The molecule has 2 atom stereocenters. The SMILES string of the molecule is C[C@@H](NC(c1ccc(F)cc1)c1cccc([N+](=O)[O-])c1)c1cccc(F)c1. The lowest BCUT2D eigenvalue weighted by molar-refractivity contribution is -0.384. The molecule has 0 saturated carbocycles. The third kappa shape index (κ3) is 4.54. The maximum Gasteiger partial charge on any atom is 0.269 e. The van der Waals surface area contributed by atoms with Gasteiger partial charge in [-0.3, -0.25) is 15.4 Å². The zero-order chi connectivity index (χ0) is 19.4. The molecule has 6 heteroatoms. The Labute approximate surface area is 155 Å². The standard InChI is InChI=1S/C21H18F2N2O2/c1-14(16-4-2-6-19(23)12-16)24-21(15-8-10-18(22)11-9-15)17-5-3-7-20(13-17)25(26)27/h2-14,21,24H,1H3/t14-,21?/m1/s1. The van der Waals surface area contributed by atoms with Crippen molar-refractivity contribution in [3.8, 4) is 0 Å². The van der Waals surface area contributed by atoms with E-state index < -0.39 is 11.0 Å². The van der Waals surface area contributed by atoms with Crippen molar-refractivity contribution in [3.05, 3.63) is 111 Å². The van der Waals surface area contributed by atoms with Gasteiger partial charge in [0.25, 0.3) is 5.69 Å². The second-order valence-electron chi connectivity index (χ2n) is 6.28. The smallest absolute Gasteiger partial charge is 0.269 e. The Hall–Kier alpha value is -3.12.